The number of hydrogen-bond acceptors (Lipinski definition) is 2. The quantitative estimate of drug-likeness (QED) is 0.607. The molecule has 0 atom stereocenters. The first kappa shape index (κ1) is 10.1. The van der Waals surface area contributed by atoms with E-state index >= 15 is 0 Å². The van der Waals surface area contributed by atoms with E-state index in [1.165, 1.54) is 0 Å². The van der Waals surface area contributed by atoms with Crippen LogP contribution in [-0.4, -0.2) is 22.6 Å². The van der Waals surface area contributed by atoms with E-state index in [-0.39, 0.29) is 0 Å². The molecule has 2 aromatic heterocycles. The Balaban J connectivity index is 1.96. The lowest BCUT2D eigenvalue weighted by Crippen LogP contribution is -2.01. The van der Waals surface area contributed by atoms with Gasteiger partial charge in [-0.05, 0) is 17.7 Å². The fourth-order valence-corrected chi connectivity index (χ4v) is 1.84. The van der Waals surface area contributed by atoms with Crippen LogP contribution >= 0.6 is 0 Å². The maximum atomic E-state index is 5.73. The Kier molecular flexibility index (Phi) is 2.40. The molecule has 0 spiro atoms. The number of benzene rings is 1. The smallest absolute Gasteiger partial charge is 0.113 e. The number of aromatic nitrogens is 3. The van der Waals surface area contributed by atoms with Crippen LogP contribution in [0.5, 0.6) is 0 Å². The Morgan fingerprint density at radius 1 is 1.24 bits per heavy atom. The summed E-state index contributed by atoms with van der Waals surface area (Å²) in [4.78, 5) is 4.09. The summed E-state index contributed by atoms with van der Waals surface area (Å²) in [6.07, 6.45) is 5.63. The molecule has 80 valence electrons. The Morgan fingerprint density at radius 2 is 2.18 bits per heavy atom. The van der Waals surface area contributed by atoms with Crippen molar-refractivity contribution in [2.24, 2.45) is 0 Å². The maximum absolute atomic E-state index is 5.73. The third-order valence-corrected chi connectivity index (χ3v) is 2.65. The minimum atomic E-state index is 0.725. The predicted molar refractivity (Wildman–Crippen MR) is 68.5 cm³/mol. The van der Waals surface area contributed by atoms with Crippen molar-refractivity contribution in [3.05, 3.63) is 54.5 Å². The standard InChI is InChI=1S/C13H10BN3/c14-12-4-3-11-9-17(16-13(11)6-12)8-10-2-1-5-15-7-10/h1-7,9H,8H2. The lowest BCUT2D eigenvalue weighted by atomic mass is 9.96. The Hall–Kier alpha value is -2.10. The third kappa shape index (κ3) is 2.06. The minimum absolute atomic E-state index is 0.725. The molecule has 4 heteroatoms. The second-order valence-corrected chi connectivity index (χ2v) is 4.01. The molecule has 0 amide bonds. The largest absolute Gasteiger partial charge is 0.267 e. The highest BCUT2D eigenvalue weighted by atomic mass is 15.3. The van der Waals surface area contributed by atoms with Crippen LogP contribution < -0.4 is 5.46 Å². The number of hydrogen-bond donors (Lipinski definition) is 0. The van der Waals surface area contributed by atoms with Crippen molar-refractivity contribution in [1.82, 2.24) is 14.8 Å². The topological polar surface area (TPSA) is 30.7 Å². The molecular weight excluding hydrogens is 209 g/mol. The van der Waals surface area contributed by atoms with Crippen molar-refractivity contribution < 1.29 is 0 Å². The molecule has 1 aromatic carbocycles. The van der Waals surface area contributed by atoms with Gasteiger partial charge in [0.05, 0.1) is 12.1 Å². The average molecular weight is 219 g/mol. The fourth-order valence-electron chi connectivity index (χ4n) is 1.84. The first-order chi connectivity index (χ1) is 8.31. The zero-order chi connectivity index (χ0) is 11.7. The number of nitrogens with zero attached hydrogens (tertiary/aromatic N) is 3. The van der Waals surface area contributed by atoms with Crippen molar-refractivity contribution in [1.29, 1.82) is 0 Å². The highest BCUT2D eigenvalue weighted by molar-refractivity contribution is 6.33. The lowest BCUT2D eigenvalue weighted by Gasteiger charge is -1.99. The number of rotatable bonds is 2. The Morgan fingerprint density at radius 3 is 3.00 bits per heavy atom. The molecule has 0 saturated heterocycles. The van der Waals surface area contributed by atoms with Gasteiger partial charge in [0.2, 0.25) is 0 Å². The summed E-state index contributed by atoms with van der Waals surface area (Å²) >= 11 is 0. The van der Waals surface area contributed by atoms with E-state index < -0.39 is 0 Å². The zero-order valence-electron chi connectivity index (χ0n) is 9.24. The van der Waals surface area contributed by atoms with Crippen LogP contribution in [0.3, 0.4) is 0 Å². The summed E-state index contributed by atoms with van der Waals surface area (Å²) in [6, 6.07) is 9.72. The van der Waals surface area contributed by atoms with Crippen LogP contribution in [0.25, 0.3) is 10.9 Å². The van der Waals surface area contributed by atoms with Crippen molar-refractivity contribution in [2.45, 2.75) is 6.54 Å². The van der Waals surface area contributed by atoms with Gasteiger partial charge in [-0.25, -0.2) is 0 Å². The van der Waals surface area contributed by atoms with E-state index in [1.807, 2.05) is 47.4 Å². The molecule has 3 nitrogen and oxygen atoms in total. The predicted octanol–water partition coefficient (Wildman–Crippen LogP) is 1.27. The van der Waals surface area contributed by atoms with Crippen molar-refractivity contribution >= 4 is 24.2 Å². The van der Waals surface area contributed by atoms with Gasteiger partial charge in [0.1, 0.15) is 7.85 Å². The van der Waals surface area contributed by atoms with Gasteiger partial charge in [0.15, 0.2) is 0 Å². The zero-order valence-corrected chi connectivity index (χ0v) is 9.24. The molecule has 0 bridgehead atoms. The van der Waals surface area contributed by atoms with E-state index in [2.05, 4.69) is 10.1 Å². The fraction of sp³-hybridized carbons (Fsp3) is 0.0769. The van der Waals surface area contributed by atoms with Crippen LogP contribution in [0.1, 0.15) is 5.56 Å². The molecular formula is C13H10BN3. The van der Waals surface area contributed by atoms with Crippen LogP contribution in [0.2, 0.25) is 0 Å². The lowest BCUT2D eigenvalue weighted by molar-refractivity contribution is 0.693. The SMILES string of the molecule is [B]c1ccc2cn(Cc3cccnc3)nc2c1. The monoisotopic (exact) mass is 219 g/mol. The van der Waals surface area contributed by atoms with Gasteiger partial charge in [-0.3, -0.25) is 9.67 Å². The van der Waals surface area contributed by atoms with E-state index in [4.69, 9.17) is 7.85 Å². The molecule has 0 aliphatic carbocycles. The minimum Gasteiger partial charge on any atom is -0.267 e. The first-order valence-electron chi connectivity index (χ1n) is 5.43. The maximum Gasteiger partial charge on any atom is 0.113 e. The summed E-state index contributed by atoms with van der Waals surface area (Å²) in [7, 11) is 5.73. The summed E-state index contributed by atoms with van der Waals surface area (Å²) < 4.78 is 1.90. The summed E-state index contributed by atoms with van der Waals surface area (Å²) in [6.45, 7) is 0.725. The molecule has 0 unspecified atom stereocenters. The van der Waals surface area contributed by atoms with Gasteiger partial charge in [0.25, 0.3) is 0 Å². The second kappa shape index (κ2) is 4.05. The summed E-state index contributed by atoms with van der Waals surface area (Å²) in [5.41, 5.74) is 2.80. The molecule has 2 heterocycles. The molecule has 0 saturated carbocycles. The first-order valence-corrected chi connectivity index (χ1v) is 5.43. The van der Waals surface area contributed by atoms with Crippen LogP contribution in [0.15, 0.2) is 48.9 Å². The van der Waals surface area contributed by atoms with Crippen LogP contribution in [0, 0.1) is 0 Å². The van der Waals surface area contributed by atoms with E-state index in [9.17, 15) is 0 Å². The van der Waals surface area contributed by atoms with E-state index in [0.717, 1.165) is 28.5 Å². The third-order valence-electron chi connectivity index (χ3n) is 2.65. The van der Waals surface area contributed by atoms with Gasteiger partial charge in [-0.2, -0.15) is 5.10 Å². The molecule has 0 fully saturated rings. The Labute approximate surface area is 101 Å². The van der Waals surface area contributed by atoms with Gasteiger partial charge < -0.3 is 0 Å². The second-order valence-electron chi connectivity index (χ2n) is 4.01. The summed E-state index contributed by atoms with van der Waals surface area (Å²) in [5.74, 6) is 0. The molecule has 3 aromatic rings. The van der Waals surface area contributed by atoms with Crippen LogP contribution in [-0.2, 0) is 6.54 Å². The normalized spacial score (nSPS) is 10.8. The van der Waals surface area contributed by atoms with Crippen molar-refractivity contribution in [3.8, 4) is 0 Å². The van der Waals surface area contributed by atoms with Gasteiger partial charge >= 0.3 is 0 Å². The summed E-state index contributed by atoms with van der Waals surface area (Å²) in [5, 5.41) is 5.58. The highest BCUT2D eigenvalue weighted by Crippen LogP contribution is 2.11. The Bertz CT molecular complexity index is 646. The average Bonchev–Trinajstić information content (AvgIpc) is 2.71. The van der Waals surface area contributed by atoms with Gasteiger partial charge in [-0.1, -0.05) is 23.7 Å². The van der Waals surface area contributed by atoms with Gasteiger partial charge in [0, 0.05) is 24.0 Å². The van der Waals surface area contributed by atoms with Crippen molar-refractivity contribution in [2.75, 3.05) is 0 Å². The number of pyridine rings is 1. The molecule has 0 aliphatic rings. The van der Waals surface area contributed by atoms with E-state index in [0.29, 0.717) is 0 Å². The van der Waals surface area contributed by atoms with Crippen LogP contribution in [0.4, 0.5) is 0 Å². The van der Waals surface area contributed by atoms with Gasteiger partial charge in [-0.15, -0.1) is 0 Å². The van der Waals surface area contributed by atoms with E-state index in [1.54, 1.807) is 6.20 Å². The number of fused-ring (bicyclic) bond motifs is 1. The van der Waals surface area contributed by atoms with Crippen molar-refractivity contribution in [3.63, 3.8) is 0 Å². The molecule has 3 rings (SSSR count). The molecule has 2 radical (unpaired) electrons. The molecule has 17 heavy (non-hydrogen) atoms. The highest BCUT2D eigenvalue weighted by Gasteiger charge is 2.01. The molecule has 0 aliphatic heterocycles. The molecule has 0 N–H and O–H groups in total.